The van der Waals surface area contributed by atoms with Gasteiger partial charge < -0.3 is 14.6 Å². The molecule has 1 aromatic rings. The first-order valence-electron chi connectivity index (χ1n) is 5.03. The van der Waals surface area contributed by atoms with Crippen LogP contribution in [0.15, 0.2) is 36.1 Å². The van der Waals surface area contributed by atoms with E-state index in [9.17, 15) is 9.90 Å². The first-order chi connectivity index (χ1) is 8.21. The van der Waals surface area contributed by atoms with Gasteiger partial charge in [-0.1, -0.05) is 12.1 Å². The minimum absolute atomic E-state index is 0.178. The van der Waals surface area contributed by atoms with Crippen molar-refractivity contribution < 1.29 is 19.4 Å². The van der Waals surface area contributed by atoms with Crippen molar-refractivity contribution in [3.8, 4) is 11.5 Å². The number of allylic oxidation sites excluding steroid dienone is 2. The van der Waals surface area contributed by atoms with Gasteiger partial charge in [-0.25, -0.2) is 0 Å². The van der Waals surface area contributed by atoms with Crippen molar-refractivity contribution in [3.63, 3.8) is 0 Å². The van der Waals surface area contributed by atoms with Crippen LogP contribution in [-0.4, -0.2) is 18.7 Å². The molecule has 17 heavy (non-hydrogen) atoms. The number of methoxy groups -OCH3 is 1. The number of ether oxygens (including phenoxy) is 2. The van der Waals surface area contributed by atoms with Crippen molar-refractivity contribution in [2.24, 2.45) is 0 Å². The molecule has 1 aromatic carbocycles. The third-order valence-electron chi connectivity index (χ3n) is 2.11. The normalized spacial score (nSPS) is 11.5. The fourth-order valence-corrected chi connectivity index (χ4v) is 1.21. The fraction of sp³-hybridized carbons (Fsp3) is 0.154. The third-order valence-corrected chi connectivity index (χ3v) is 2.11. The number of rotatable bonds is 5. The number of hydrogen-bond donors (Lipinski definition) is 1. The molecule has 4 nitrogen and oxygen atoms in total. The monoisotopic (exact) mass is 234 g/mol. The molecule has 90 valence electrons. The van der Waals surface area contributed by atoms with Crippen molar-refractivity contribution in [2.45, 2.75) is 6.92 Å². The van der Waals surface area contributed by atoms with Crippen LogP contribution in [0.5, 0.6) is 11.5 Å². The Bertz CT molecular complexity index is 447. The summed E-state index contributed by atoms with van der Waals surface area (Å²) in [6.45, 7) is 2.08. The number of benzene rings is 1. The van der Waals surface area contributed by atoms with Gasteiger partial charge >= 0.3 is 0 Å². The maximum absolute atomic E-state index is 10.2. The molecular weight excluding hydrogens is 220 g/mol. The van der Waals surface area contributed by atoms with Crippen LogP contribution in [0, 0.1) is 0 Å². The predicted molar refractivity (Wildman–Crippen MR) is 65.1 cm³/mol. The van der Waals surface area contributed by atoms with Crippen LogP contribution in [0.4, 0.5) is 0 Å². The average Bonchev–Trinajstić information content (AvgIpc) is 2.37. The molecule has 0 aromatic heterocycles. The van der Waals surface area contributed by atoms with Crippen molar-refractivity contribution in [2.75, 3.05) is 7.11 Å². The molecule has 0 bridgehead atoms. The standard InChI is InChI=1S/C13H14O4/c1-3-11(15)6-4-10-5-7-12(17-9-14)13(8-10)16-2/h3-9,15H,1-2H3/b6-4+,11-3-. The SMILES string of the molecule is C/C=C(O)/C=C/c1ccc(OC=O)c(OC)c1. The lowest BCUT2D eigenvalue weighted by atomic mass is 10.2. The van der Waals surface area contributed by atoms with E-state index in [-0.39, 0.29) is 5.76 Å². The lowest BCUT2D eigenvalue weighted by molar-refractivity contribution is -0.120. The quantitative estimate of drug-likeness (QED) is 0.483. The predicted octanol–water partition coefficient (Wildman–Crippen LogP) is 2.71. The van der Waals surface area contributed by atoms with Crippen LogP contribution in [-0.2, 0) is 4.79 Å². The first kappa shape index (κ1) is 12.8. The molecule has 0 aliphatic rings. The van der Waals surface area contributed by atoms with Crippen molar-refractivity contribution >= 4 is 12.5 Å². The van der Waals surface area contributed by atoms with Crippen molar-refractivity contribution in [3.05, 3.63) is 41.7 Å². The minimum atomic E-state index is 0.178. The van der Waals surface area contributed by atoms with Gasteiger partial charge in [-0.05, 0) is 36.8 Å². The molecule has 0 saturated carbocycles. The first-order valence-corrected chi connectivity index (χ1v) is 5.03. The van der Waals surface area contributed by atoms with E-state index in [2.05, 4.69) is 0 Å². The Hall–Kier alpha value is -2.23. The van der Waals surface area contributed by atoms with Gasteiger partial charge in [0.2, 0.25) is 0 Å². The van der Waals surface area contributed by atoms with E-state index in [0.29, 0.717) is 18.0 Å². The molecule has 1 rings (SSSR count). The Balaban J connectivity index is 2.97. The van der Waals surface area contributed by atoms with Gasteiger partial charge in [0, 0.05) is 0 Å². The summed E-state index contributed by atoms with van der Waals surface area (Å²) in [5.41, 5.74) is 0.827. The Kier molecular flexibility index (Phi) is 4.81. The zero-order chi connectivity index (χ0) is 12.7. The van der Waals surface area contributed by atoms with E-state index in [4.69, 9.17) is 9.47 Å². The summed E-state index contributed by atoms with van der Waals surface area (Å²) >= 11 is 0. The van der Waals surface area contributed by atoms with E-state index in [1.54, 1.807) is 43.4 Å². The lowest BCUT2D eigenvalue weighted by Gasteiger charge is -2.06. The molecule has 0 heterocycles. The number of aliphatic hydroxyl groups is 1. The van der Waals surface area contributed by atoms with Gasteiger partial charge in [0.05, 0.1) is 7.11 Å². The minimum Gasteiger partial charge on any atom is -0.508 e. The zero-order valence-electron chi connectivity index (χ0n) is 9.71. The Labute approximate surface area is 99.8 Å². The highest BCUT2D eigenvalue weighted by Crippen LogP contribution is 2.28. The van der Waals surface area contributed by atoms with E-state index >= 15 is 0 Å². The Morgan fingerprint density at radius 1 is 1.35 bits per heavy atom. The van der Waals surface area contributed by atoms with Gasteiger partial charge in [-0.15, -0.1) is 0 Å². The molecule has 1 N–H and O–H groups in total. The molecule has 0 aliphatic heterocycles. The number of hydrogen-bond acceptors (Lipinski definition) is 4. The van der Waals surface area contributed by atoms with Crippen LogP contribution < -0.4 is 9.47 Å². The summed E-state index contributed by atoms with van der Waals surface area (Å²) in [6, 6.07) is 5.08. The summed E-state index contributed by atoms with van der Waals surface area (Å²) in [4.78, 5) is 10.2. The number of aliphatic hydroxyl groups excluding tert-OH is 1. The number of carbonyl (C=O) groups is 1. The van der Waals surface area contributed by atoms with E-state index in [0.717, 1.165) is 5.56 Å². The smallest absolute Gasteiger partial charge is 0.298 e. The van der Waals surface area contributed by atoms with Gasteiger partial charge in [-0.2, -0.15) is 0 Å². The van der Waals surface area contributed by atoms with Crippen LogP contribution in [0.25, 0.3) is 6.08 Å². The molecule has 0 saturated heterocycles. The maximum atomic E-state index is 10.2. The molecule has 0 unspecified atom stereocenters. The highest BCUT2D eigenvalue weighted by molar-refractivity contribution is 5.59. The van der Waals surface area contributed by atoms with Crippen LogP contribution in [0.3, 0.4) is 0 Å². The Morgan fingerprint density at radius 2 is 2.12 bits per heavy atom. The van der Waals surface area contributed by atoms with Crippen molar-refractivity contribution in [1.82, 2.24) is 0 Å². The number of carbonyl (C=O) groups excluding carboxylic acids is 1. The van der Waals surface area contributed by atoms with E-state index in [1.807, 2.05) is 0 Å². The maximum Gasteiger partial charge on any atom is 0.298 e. The van der Waals surface area contributed by atoms with Crippen LogP contribution in [0.1, 0.15) is 12.5 Å². The molecule has 0 radical (unpaired) electrons. The topological polar surface area (TPSA) is 55.8 Å². The highest BCUT2D eigenvalue weighted by Gasteiger charge is 2.03. The van der Waals surface area contributed by atoms with Gasteiger partial charge in [0.25, 0.3) is 6.47 Å². The second-order valence-corrected chi connectivity index (χ2v) is 3.17. The average molecular weight is 234 g/mol. The summed E-state index contributed by atoms with van der Waals surface area (Å²) in [7, 11) is 1.49. The molecule has 0 spiro atoms. The van der Waals surface area contributed by atoms with Gasteiger partial charge in [0.1, 0.15) is 5.76 Å². The fourth-order valence-electron chi connectivity index (χ4n) is 1.21. The molecule has 0 aliphatic carbocycles. The molecule has 0 atom stereocenters. The lowest BCUT2D eigenvalue weighted by Crippen LogP contribution is -1.93. The van der Waals surface area contributed by atoms with Gasteiger partial charge in [-0.3, -0.25) is 4.79 Å². The molecule has 0 amide bonds. The molecule has 0 fully saturated rings. The van der Waals surface area contributed by atoms with E-state index < -0.39 is 0 Å². The van der Waals surface area contributed by atoms with Crippen LogP contribution >= 0.6 is 0 Å². The van der Waals surface area contributed by atoms with E-state index in [1.165, 1.54) is 7.11 Å². The zero-order valence-corrected chi connectivity index (χ0v) is 9.71. The van der Waals surface area contributed by atoms with Gasteiger partial charge in [0.15, 0.2) is 11.5 Å². The summed E-state index contributed by atoms with van der Waals surface area (Å²) in [5, 5.41) is 9.26. The summed E-state index contributed by atoms with van der Waals surface area (Å²) in [6.07, 6.45) is 4.87. The van der Waals surface area contributed by atoms with Crippen molar-refractivity contribution in [1.29, 1.82) is 0 Å². The van der Waals surface area contributed by atoms with Crippen LogP contribution in [0.2, 0.25) is 0 Å². The summed E-state index contributed by atoms with van der Waals surface area (Å²) in [5.74, 6) is 0.992. The highest BCUT2D eigenvalue weighted by atomic mass is 16.5. The largest absolute Gasteiger partial charge is 0.508 e. The second kappa shape index (κ2) is 6.37. The second-order valence-electron chi connectivity index (χ2n) is 3.17. The Morgan fingerprint density at radius 3 is 2.71 bits per heavy atom. The molecule has 4 heteroatoms. The third kappa shape index (κ3) is 3.68. The molecular formula is C13H14O4. The summed E-state index contributed by atoms with van der Waals surface area (Å²) < 4.78 is 9.82.